The topological polar surface area (TPSA) is 61.2 Å². The number of fused-ring (bicyclic) bond motifs is 1. The minimum Gasteiger partial charge on any atom is -0.493 e. The van der Waals surface area contributed by atoms with Gasteiger partial charge in [0, 0.05) is 3.57 Å². The zero-order valence-corrected chi connectivity index (χ0v) is 16.7. The molecule has 1 N–H and O–H groups in total. The highest BCUT2D eigenvalue weighted by Gasteiger charge is 2.30. The van der Waals surface area contributed by atoms with Crippen LogP contribution in [0.25, 0.3) is 0 Å². The maximum atomic E-state index is 5.48. The molecule has 134 valence electrons. The van der Waals surface area contributed by atoms with Gasteiger partial charge in [-0.05, 0) is 64.4 Å². The number of nitrogens with one attached hydrogen (secondary N) is 1. The van der Waals surface area contributed by atoms with Crippen LogP contribution in [-0.2, 0) is 0 Å². The van der Waals surface area contributed by atoms with Crippen molar-refractivity contribution >= 4 is 28.5 Å². The molecule has 3 aromatic rings. The zero-order valence-electron chi connectivity index (χ0n) is 14.5. The third kappa shape index (κ3) is 3.11. The Balaban J connectivity index is 1.72. The summed E-state index contributed by atoms with van der Waals surface area (Å²) in [4.78, 5) is 4.39. The summed E-state index contributed by atoms with van der Waals surface area (Å²) >= 11 is 2.32. The normalized spacial score (nSPS) is 18.7. The molecule has 0 saturated carbocycles. The molecule has 0 bridgehead atoms. The molecular formula is C19H19IN4O2. The number of hydrogen-bond donors (Lipinski definition) is 1. The first-order valence-electron chi connectivity index (χ1n) is 8.33. The second kappa shape index (κ2) is 7.14. The molecule has 4 rings (SSSR count). The molecule has 1 aliphatic heterocycles. The van der Waals surface area contributed by atoms with Crippen molar-refractivity contribution in [3.8, 4) is 11.5 Å². The standard InChI is InChI=1S/C19H19IN4O2/c1-25-17-8-5-13(9-18(17)26-2)16-10-15(12-3-6-14(20)7-4-12)23-19-21-11-22-24(16)19/h3-9,11,15-16H,10H2,1-2H3,(H,21,22,23)/t15-,16+/m0/s1. The van der Waals surface area contributed by atoms with Crippen molar-refractivity contribution in [2.45, 2.75) is 18.5 Å². The van der Waals surface area contributed by atoms with Gasteiger partial charge in [0.15, 0.2) is 11.5 Å². The average molecular weight is 462 g/mol. The Morgan fingerprint density at radius 3 is 2.50 bits per heavy atom. The van der Waals surface area contributed by atoms with Crippen LogP contribution in [0.1, 0.15) is 29.6 Å². The molecular weight excluding hydrogens is 443 g/mol. The summed E-state index contributed by atoms with van der Waals surface area (Å²) in [5.74, 6) is 2.22. The third-order valence-corrected chi connectivity index (χ3v) is 5.41. The van der Waals surface area contributed by atoms with Gasteiger partial charge in [0.1, 0.15) is 6.33 Å². The summed E-state index contributed by atoms with van der Waals surface area (Å²) in [6.45, 7) is 0. The van der Waals surface area contributed by atoms with Gasteiger partial charge in [-0.15, -0.1) is 0 Å². The molecule has 7 heteroatoms. The SMILES string of the molecule is COc1ccc([C@H]2C[C@@H](c3ccc(I)cc3)Nc3ncnn32)cc1OC. The third-order valence-electron chi connectivity index (χ3n) is 4.70. The van der Waals surface area contributed by atoms with E-state index in [4.69, 9.17) is 9.47 Å². The molecule has 0 spiro atoms. The van der Waals surface area contributed by atoms with E-state index in [-0.39, 0.29) is 12.1 Å². The average Bonchev–Trinajstić information content (AvgIpc) is 3.16. The number of benzene rings is 2. The second-order valence-corrected chi connectivity index (χ2v) is 7.39. The first kappa shape index (κ1) is 17.1. The Hall–Kier alpha value is -2.29. The van der Waals surface area contributed by atoms with Crippen LogP contribution >= 0.6 is 22.6 Å². The monoisotopic (exact) mass is 462 g/mol. The predicted octanol–water partition coefficient (Wildman–Crippen LogP) is 4.05. The fraction of sp³-hybridized carbons (Fsp3) is 0.263. The maximum absolute atomic E-state index is 5.48. The van der Waals surface area contributed by atoms with Crippen LogP contribution in [0.3, 0.4) is 0 Å². The van der Waals surface area contributed by atoms with Gasteiger partial charge < -0.3 is 14.8 Å². The van der Waals surface area contributed by atoms with Crippen LogP contribution in [0.5, 0.6) is 11.5 Å². The summed E-state index contributed by atoms with van der Waals surface area (Å²) in [6, 6.07) is 14.8. The van der Waals surface area contributed by atoms with Gasteiger partial charge in [0.25, 0.3) is 0 Å². The van der Waals surface area contributed by atoms with Crippen molar-refractivity contribution in [2.75, 3.05) is 19.5 Å². The minimum absolute atomic E-state index is 0.0674. The quantitative estimate of drug-likeness (QED) is 0.593. The van der Waals surface area contributed by atoms with Crippen LogP contribution in [-0.4, -0.2) is 29.0 Å². The van der Waals surface area contributed by atoms with Gasteiger partial charge in [0.2, 0.25) is 5.95 Å². The molecule has 1 aromatic heterocycles. The van der Waals surface area contributed by atoms with Crippen molar-refractivity contribution in [1.29, 1.82) is 0 Å². The van der Waals surface area contributed by atoms with Crippen molar-refractivity contribution in [1.82, 2.24) is 14.8 Å². The van der Waals surface area contributed by atoms with Gasteiger partial charge in [-0.2, -0.15) is 10.1 Å². The number of methoxy groups -OCH3 is 2. The van der Waals surface area contributed by atoms with Gasteiger partial charge in [-0.1, -0.05) is 18.2 Å². The van der Waals surface area contributed by atoms with E-state index in [1.165, 1.54) is 9.13 Å². The Bertz CT molecular complexity index is 910. The Morgan fingerprint density at radius 1 is 1.04 bits per heavy atom. The molecule has 2 heterocycles. The maximum Gasteiger partial charge on any atom is 0.222 e. The van der Waals surface area contributed by atoms with E-state index < -0.39 is 0 Å². The molecule has 2 atom stereocenters. The van der Waals surface area contributed by atoms with Crippen molar-refractivity contribution < 1.29 is 9.47 Å². The smallest absolute Gasteiger partial charge is 0.222 e. The molecule has 0 amide bonds. The lowest BCUT2D eigenvalue weighted by Gasteiger charge is -2.32. The minimum atomic E-state index is 0.0674. The van der Waals surface area contributed by atoms with E-state index in [1.54, 1.807) is 20.5 Å². The summed E-state index contributed by atoms with van der Waals surface area (Å²) in [6.07, 6.45) is 2.46. The highest BCUT2D eigenvalue weighted by Crippen LogP contribution is 2.39. The lowest BCUT2D eigenvalue weighted by Crippen LogP contribution is -2.28. The molecule has 1 aliphatic rings. The number of halogens is 1. The van der Waals surface area contributed by atoms with E-state index in [1.807, 2.05) is 16.8 Å². The first-order valence-corrected chi connectivity index (χ1v) is 9.41. The molecule has 2 aromatic carbocycles. The molecule has 0 aliphatic carbocycles. The van der Waals surface area contributed by atoms with E-state index >= 15 is 0 Å². The summed E-state index contributed by atoms with van der Waals surface area (Å²) in [7, 11) is 3.30. The van der Waals surface area contributed by atoms with Crippen LogP contribution in [0.15, 0.2) is 48.8 Å². The van der Waals surface area contributed by atoms with Crippen molar-refractivity contribution in [3.05, 3.63) is 63.5 Å². The molecule has 0 fully saturated rings. The summed E-state index contributed by atoms with van der Waals surface area (Å²) in [5, 5.41) is 7.92. The van der Waals surface area contributed by atoms with Crippen molar-refractivity contribution in [3.63, 3.8) is 0 Å². The van der Waals surface area contributed by atoms with Crippen LogP contribution in [0.4, 0.5) is 5.95 Å². The number of nitrogens with zero attached hydrogens (tertiary/aromatic N) is 3. The van der Waals surface area contributed by atoms with Crippen LogP contribution in [0, 0.1) is 3.57 Å². The van der Waals surface area contributed by atoms with E-state index in [9.17, 15) is 0 Å². The van der Waals surface area contributed by atoms with Crippen LogP contribution in [0.2, 0.25) is 0 Å². The van der Waals surface area contributed by atoms with E-state index in [0.717, 1.165) is 29.4 Å². The van der Waals surface area contributed by atoms with E-state index in [2.05, 4.69) is 68.3 Å². The number of aromatic nitrogens is 3. The number of ether oxygens (including phenoxy) is 2. The summed E-state index contributed by atoms with van der Waals surface area (Å²) < 4.78 is 14.0. The Kier molecular flexibility index (Phi) is 4.71. The van der Waals surface area contributed by atoms with Gasteiger partial charge in [-0.25, -0.2) is 4.68 Å². The lowest BCUT2D eigenvalue weighted by molar-refractivity contribution is 0.352. The molecule has 0 saturated heterocycles. The van der Waals surface area contributed by atoms with Gasteiger partial charge >= 0.3 is 0 Å². The highest BCUT2D eigenvalue weighted by molar-refractivity contribution is 14.1. The molecule has 0 unspecified atom stereocenters. The predicted molar refractivity (Wildman–Crippen MR) is 108 cm³/mol. The number of anilines is 1. The largest absolute Gasteiger partial charge is 0.493 e. The lowest BCUT2D eigenvalue weighted by atomic mass is 9.93. The zero-order chi connectivity index (χ0) is 18.1. The number of rotatable bonds is 4. The Labute approximate surface area is 165 Å². The highest BCUT2D eigenvalue weighted by atomic mass is 127. The first-order chi connectivity index (χ1) is 12.7. The molecule has 0 radical (unpaired) electrons. The number of hydrogen-bond acceptors (Lipinski definition) is 5. The van der Waals surface area contributed by atoms with Crippen molar-refractivity contribution in [2.24, 2.45) is 0 Å². The fourth-order valence-corrected chi connectivity index (χ4v) is 3.73. The molecule has 26 heavy (non-hydrogen) atoms. The van der Waals surface area contributed by atoms with Gasteiger partial charge in [-0.3, -0.25) is 0 Å². The Morgan fingerprint density at radius 2 is 1.77 bits per heavy atom. The summed E-state index contributed by atoms with van der Waals surface area (Å²) in [5.41, 5.74) is 2.36. The fourth-order valence-electron chi connectivity index (χ4n) is 3.37. The van der Waals surface area contributed by atoms with Crippen LogP contribution < -0.4 is 14.8 Å². The molecule has 6 nitrogen and oxygen atoms in total. The van der Waals surface area contributed by atoms with E-state index in [0.29, 0.717) is 0 Å². The van der Waals surface area contributed by atoms with Gasteiger partial charge in [0.05, 0.1) is 26.3 Å². The second-order valence-electron chi connectivity index (χ2n) is 6.14.